The SMILES string of the molecule is OCCc1nc(-c2ccncc2)c(-c2ccc3c(c2)CC/C3=N\O)[nH]1. The molecule has 0 saturated heterocycles. The Labute approximate surface area is 144 Å². The van der Waals surface area contributed by atoms with Crippen LogP contribution >= 0.6 is 0 Å². The van der Waals surface area contributed by atoms with E-state index in [2.05, 4.69) is 26.2 Å². The number of nitrogens with one attached hydrogen (secondary N) is 1. The van der Waals surface area contributed by atoms with Gasteiger partial charge in [0.1, 0.15) is 5.82 Å². The average Bonchev–Trinajstić information content (AvgIpc) is 3.26. The van der Waals surface area contributed by atoms with E-state index in [1.165, 1.54) is 5.56 Å². The van der Waals surface area contributed by atoms with E-state index in [9.17, 15) is 5.11 Å². The largest absolute Gasteiger partial charge is 0.411 e. The maximum Gasteiger partial charge on any atom is 0.109 e. The van der Waals surface area contributed by atoms with Gasteiger partial charge in [0.2, 0.25) is 0 Å². The molecule has 1 aliphatic carbocycles. The van der Waals surface area contributed by atoms with Gasteiger partial charge in [0, 0.05) is 35.5 Å². The third kappa shape index (κ3) is 2.81. The van der Waals surface area contributed by atoms with Gasteiger partial charge in [-0.05, 0) is 36.6 Å². The van der Waals surface area contributed by atoms with Gasteiger partial charge < -0.3 is 15.3 Å². The first kappa shape index (κ1) is 15.5. The zero-order valence-corrected chi connectivity index (χ0v) is 13.6. The molecule has 0 spiro atoms. The van der Waals surface area contributed by atoms with E-state index in [-0.39, 0.29) is 6.61 Å². The number of pyridine rings is 1. The van der Waals surface area contributed by atoms with Crippen molar-refractivity contribution < 1.29 is 10.3 Å². The van der Waals surface area contributed by atoms with Gasteiger partial charge in [-0.25, -0.2) is 4.98 Å². The fourth-order valence-electron chi connectivity index (χ4n) is 3.30. The summed E-state index contributed by atoms with van der Waals surface area (Å²) < 4.78 is 0. The van der Waals surface area contributed by atoms with Crippen molar-refractivity contribution in [2.45, 2.75) is 19.3 Å². The molecule has 0 radical (unpaired) electrons. The number of hydrogen-bond donors (Lipinski definition) is 3. The zero-order valence-electron chi connectivity index (χ0n) is 13.6. The molecule has 0 amide bonds. The molecule has 3 aromatic rings. The molecule has 6 nitrogen and oxygen atoms in total. The maximum atomic E-state index is 9.24. The van der Waals surface area contributed by atoms with E-state index in [0.717, 1.165) is 52.5 Å². The quantitative estimate of drug-likeness (QED) is 0.505. The van der Waals surface area contributed by atoms with Crippen LogP contribution in [0.15, 0.2) is 47.9 Å². The average molecular weight is 334 g/mol. The molecule has 1 aliphatic rings. The minimum absolute atomic E-state index is 0.0449. The lowest BCUT2D eigenvalue weighted by Crippen LogP contribution is -1.94. The smallest absolute Gasteiger partial charge is 0.109 e. The summed E-state index contributed by atoms with van der Waals surface area (Å²) in [5, 5.41) is 21.7. The Balaban J connectivity index is 1.82. The fraction of sp³-hybridized carbons (Fsp3) is 0.211. The first-order valence-corrected chi connectivity index (χ1v) is 8.25. The van der Waals surface area contributed by atoms with Crippen LogP contribution in [0.3, 0.4) is 0 Å². The minimum Gasteiger partial charge on any atom is -0.411 e. The predicted molar refractivity (Wildman–Crippen MR) is 94.7 cm³/mol. The first-order chi connectivity index (χ1) is 12.3. The summed E-state index contributed by atoms with van der Waals surface area (Å²) >= 11 is 0. The Morgan fingerprint density at radius 2 is 1.92 bits per heavy atom. The second-order valence-corrected chi connectivity index (χ2v) is 6.04. The number of aromatic amines is 1. The maximum absolute atomic E-state index is 9.24. The summed E-state index contributed by atoms with van der Waals surface area (Å²) in [7, 11) is 0. The van der Waals surface area contributed by atoms with Crippen molar-refractivity contribution in [2.24, 2.45) is 5.16 Å². The van der Waals surface area contributed by atoms with Gasteiger partial charge in [-0.15, -0.1) is 0 Å². The van der Waals surface area contributed by atoms with Crippen molar-refractivity contribution >= 4 is 5.71 Å². The standard InChI is InChI=1S/C19H18N4O2/c24-10-7-17-21-18(12-5-8-20-9-6-12)19(22-17)14-1-3-15-13(11-14)2-4-16(15)23-25/h1,3,5-6,8-9,11,24-25H,2,4,7,10H2,(H,21,22)/b23-16+. The molecule has 2 aromatic heterocycles. The number of aryl methyl sites for hydroxylation is 1. The van der Waals surface area contributed by atoms with E-state index >= 15 is 0 Å². The van der Waals surface area contributed by atoms with Gasteiger partial charge >= 0.3 is 0 Å². The van der Waals surface area contributed by atoms with Crippen LogP contribution in [-0.2, 0) is 12.8 Å². The van der Waals surface area contributed by atoms with Crippen molar-refractivity contribution in [1.82, 2.24) is 15.0 Å². The van der Waals surface area contributed by atoms with Crippen LogP contribution in [0.4, 0.5) is 0 Å². The van der Waals surface area contributed by atoms with E-state index < -0.39 is 0 Å². The second kappa shape index (κ2) is 6.49. The molecule has 0 saturated carbocycles. The van der Waals surface area contributed by atoms with Crippen molar-refractivity contribution in [3.8, 4) is 22.5 Å². The van der Waals surface area contributed by atoms with Crippen molar-refractivity contribution in [1.29, 1.82) is 0 Å². The Kier molecular flexibility index (Phi) is 4.03. The minimum atomic E-state index is 0.0449. The van der Waals surface area contributed by atoms with Crippen LogP contribution in [0.2, 0.25) is 0 Å². The lowest BCUT2D eigenvalue weighted by molar-refractivity contribution is 0.297. The molecule has 0 fully saturated rings. The van der Waals surface area contributed by atoms with Gasteiger partial charge in [-0.1, -0.05) is 17.3 Å². The molecule has 126 valence electrons. The monoisotopic (exact) mass is 334 g/mol. The summed E-state index contributed by atoms with van der Waals surface area (Å²) in [5.41, 5.74) is 6.69. The molecule has 0 unspecified atom stereocenters. The highest BCUT2D eigenvalue weighted by Crippen LogP contribution is 2.33. The topological polar surface area (TPSA) is 94.4 Å². The number of imidazole rings is 1. The normalized spacial score (nSPS) is 14.8. The highest BCUT2D eigenvalue weighted by Gasteiger charge is 2.21. The third-order valence-corrected chi connectivity index (χ3v) is 4.51. The summed E-state index contributed by atoms with van der Waals surface area (Å²) in [6.45, 7) is 0.0449. The van der Waals surface area contributed by atoms with Crippen molar-refractivity contribution in [3.63, 3.8) is 0 Å². The van der Waals surface area contributed by atoms with E-state index in [4.69, 9.17) is 5.21 Å². The van der Waals surface area contributed by atoms with Crippen molar-refractivity contribution in [2.75, 3.05) is 6.61 Å². The first-order valence-electron chi connectivity index (χ1n) is 8.25. The Morgan fingerprint density at radius 1 is 1.08 bits per heavy atom. The molecule has 25 heavy (non-hydrogen) atoms. The van der Waals surface area contributed by atoms with Crippen LogP contribution in [0.5, 0.6) is 0 Å². The summed E-state index contributed by atoms with van der Waals surface area (Å²) in [5.74, 6) is 0.752. The molecule has 6 heteroatoms. The third-order valence-electron chi connectivity index (χ3n) is 4.51. The lowest BCUT2D eigenvalue weighted by atomic mass is 10.0. The number of aromatic nitrogens is 3. The van der Waals surface area contributed by atoms with Gasteiger partial charge in [-0.2, -0.15) is 0 Å². The molecule has 2 heterocycles. The van der Waals surface area contributed by atoms with E-state index in [1.54, 1.807) is 12.4 Å². The van der Waals surface area contributed by atoms with E-state index in [0.29, 0.717) is 6.42 Å². The summed E-state index contributed by atoms with van der Waals surface area (Å²) in [4.78, 5) is 12.1. The fourth-order valence-corrected chi connectivity index (χ4v) is 3.30. The van der Waals surface area contributed by atoms with Crippen LogP contribution in [0, 0.1) is 0 Å². The highest BCUT2D eigenvalue weighted by molar-refractivity contribution is 6.04. The number of benzene rings is 1. The zero-order chi connectivity index (χ0) is 17.2. The molecule has 3 N–H and O–H groups in total. The molecule has 1 aromatic carbocycles. The van der Waals surface area contributed by atoms with Crippen LogP contribution < -0.4 is 0 Å². The Hall–Kier alpha value is -2.99. The molecule has 0 bridgehead atoms. The van der Waals surface area contributed by atoms with Gasteiger partial charge in [0.05, 0.1) is 23.7 Å². The lowest BCUT2D eigenvalue weighted by Gasteiger charge is -2.06. The molecule has 0 aliphatic heterocycles. The molecular weight excluding hydrogens is 316 g/mol. The number of hydrogen-bond acceptors (Lipinski definition) is 5. The van der Waals surface area contributed by atoms with Crippen LogP contribution in [0.25, 0.3) is 22.5 Å². The van der Waals surface area contributed by atoms with Crippen LogP contribution in [-0.4, -0.2) is 37.6 Å². The number of nitrogens with zero attached hydrogens (tertiary/aromatic N) is 3. The molecule has 4 rings (SSSR count). The van der Waals surface area contributed by atoms with Crippen LogP contribution in [0.1, 0.15) is 23.4 Å². The van der Waals surface area contributed by atoms with Gasteiger partial charge in [0.25, 0.3) is 0 Å². The van der Waals surface area contributed by atoms with E-state index in [1.807, 2.05) is 24.3 Å². The predicted octanol–water partition coefficient (Wildman–Crippen LogP) is 2.80. The number of aliphatic hydroxyl groups excluding tert-OH is 1. The summed E-state index contributed by atoms with van der Waals surface area (Å²) in [6.07, 6.45) is 5.58. The molecule has 0 atom stereocenters. The number of H-pyrrole nitrogens is 1. The Bertz CT molecular complexity index is 932. The number of rotatable bonds is 4. The highest BCUT2D eigenvalue weighted by atomic mass is 16.4. The number of aliphatic hydroxyl groups is 1. The number of oxime groups is 1. The number of fused-ring (bicyclic) bond motifs is 1. The van der Waals surface area contributed by atoms with Crippen molar-refractivity contribution in [3.05, 3.63) is 59.7 Å². The second-order valence-electron chi connectivity index (χ2n) is 6.04. The summed E-state index contributed by atoms with van der Waals surface area (Å²) in [6, 6.07) is 9.97. The Morgan fingerprint density at radius 3 is 2.68 bits per heavy atom. The molecular formula is C19H18N4O2. The van der Waals surface area contributed by atoms with Gasteiger partial charge in [-0.3, -0.25) is 4.98 Å². The van der Waals surface area contributed by atoms with Gasteiger partial charge in [0.15, 0.2) is 0 Å².